The normalized spacial score (nSPS) is 10.6. The fourth-order valence-electron chi connectivity index (χ4n) is 1.43. The van der Waals surface area contributed by atoms with Crippen LogP contribution in [0.15, 0.2) is 41.0 Å². The first-order valence-corrected chi connectivity index (χ1v) is 4.93. The van der Waals surface area contributed by atoms with Crippen LogP contribution < -0.4 is 5.32 Å². The molecule has 0 aliphatic carbocycles. The number of hydrogen-bond acceptors (Lipinski definition) is 2. The molecule has 0 aliphatic heterocycles. The Balaban J connectivity index is 1.95. The first-order chi connectivity index (χ1) is 7.77. The third-order valence-electron chi connectivity index (χ3n) is 2.24. The maximum absolute atomic E-state index is 13.2. The molecule has 1 N–H and O–H groups in total. The van der Waals surface area contributed by atoms with Gasteiger partial charge in [-0.2, -0.15) is 0 Å². The zero-order valence-electron chi connectivity index (χ0n) is 8.54. The Morgan fingerprint density at radius 3 is 2.38 bits per heavy atom. The van der Waals surface area contributed by atoms with Crippen molar-refractivity contribution in [1.29, 1.82) is 0 Å². The quantitative estimate of drug-likeness (QED) is 0.862. The molecule has 0 aliphatic rings. The summed E-state index contributed by atoms with van der Waals surface area (Å²) >= 11 is 0. The second-order valence-electron chi connectivity index (χ2n) is 3.38. The molecule has 16 heavy (non-hydrogen) atoms. The van der Waals surface area contributed by atoms with E-state index in [-0.39, 0.29) is 12.1 Å². The van der Waals surface area contributed by atoms with Crippen LogP contribution in [0.2, 0.25) is 0 Å². The van der Waals surface area contributed by atoms with Crippen molar-refractivity contribution >= 4 is 0 Å². The van der Waals surface area contributed by atoms with Crippen molar-refractivity contribution in [2.24, 2.45) is 0 Å². The molecular formula is C12H11F2NO. The van der Waals surface area contributed by atoms with Gasteiger partial charge < -0.3 is 9.73 Å². The van der Waals surface area contributed by atoms with Crippen LogP contribution in [-0.2, 0) is 13.1 Å². The molecule has 0 fully saturated rings. The van der Waals surface area contributed by atoms with Crippen LogP contribution in [0.1, 0.15) is 11.3 Å². The number of nitrogens with one attached hydrogen (secondary N) is 1. The molecule has 0 saturated carbocycles. The van der Waals surface area contributed by atoms with Crippen LogP contribution in [0.3, 0.4) is 0 Å². The first kappa shape index (κ1) is 10.8. The predicted octanol–water partition coefficient (Wildman–Crippen LogP) is 2.85. The van der Waals surface area contributed by atoms with Crippen molar-refractivity contribution in [3.63, 3.8) is 0 Å². The third-order valence-corrected chi connectivity index (χ3v) is 2.24. The second kappa shape index (κ2) is 4.90. The van der Waals surface area contributed by atoms with Gasteiger partial charge in [0.15, 0.2) is 0 Å². The molecule has 4 heteroatoms. The van der Waals surface area contributed by atoms with Crippen molar-refractivity contribution in [3.8, 4) is 0 Å². The zero-order valence-corrected chi connectivity index (χ0v) is 8.54. The van der Waals surface area contributed by atoms with E-state index in [1.807, 2.05) is 0 Å². The molecule has 0 spiro atoms. The molecule has 84 valence electrons. The minimum atomic E-state index is -0.535. The summed E-state index contributed by atoms with van der Waals surface area (Å²) in [5.74, 6) is -0.337. The van der Waals surface area contributed by atoms with Crippen LogP contribution >= 0.6 is 0 Å². The van der Waals surface area contributed by atoms with E-state index in [0.717, 1.165) is 5.76 Å². The van der Waals surface area contributed by atoms with Crippen LogP contribution in [0.4, 0.5) is 8.78 Å². The molecule has 0 amide bonds. The van der Waals surface area contributed by atoms with Gasteiger partial charge in [0.25, 0.3) is 0 Å². The van der Waals surface area contributed by atoms with Crippen LogP contribution in [0.25, 0.3) is 0 Å². The predicted molar refractivity (Wildman–Crippen MR) is 55.6 cm³/mol. The van der Waals surface area contributed by atoms with E-state index in [1.165, 1.54) is 18.2 Å². The molecule has 0 radical (unpaired) electrons. The maximum atomic E-state index is 13.2. The van der Waals surface area contributed by atoms with Gasteiger partial charge in [0.05, 0.1) is 12.8 Å². The molecule has 1 aromatic heterocycles. The fourth-order valence-corrected chi connectivity index (χ4v) is 1.43. The summed E-state index contributed by atoms with van der Waals surface area (Å²) in [5, 5.41) is 2.91. The van der Waals surface area contributed by atoms with Gasteiger partial charge in [-0.1, -0.05) is 6.07 Å². The number of furan rings is 1. The first-order valence-electron chi connectivity index (χ1n) is 4.93. The van der Waals surface area contributed by atoms with E-state index in [1.54, 1.807) is 18.4 Å². The van der Waals surface area contributed by atoms with Gasteiger partial charge in [-0.05, 0) is 24.3 Å². The Kier molecular flexibility index (Phi) is 3.31. The minimum Gasteiger partial charge on any atom is -0.468 e. The van der Waals surface area contributed by atoms with Gasteiger partial charge in [-0.3, -0.25) is 0 Å². The van der Waals surface area contributed by atoms with E-state index in [2.05, 4.69) is 5.32 Å². The standard InChI is InChI=1S/C12H11F2NO/c13-11-4-1-5-12(14)10(11)8-15-7-9-3-2-6-16-9/h1-6,15H,7-8H2. The molecule has 0 unspecified atom stereocenters. The lowest BCUT2D eigenvalue weighted by Gasteiger charge is -2.05. The highest BCUT2D eigenvalue weighted by molar-refractivity contribution is 5.19. The van der Waals surface area contributed by atoms with Gasteiger partial charge >= 0.3 is 0 Å². The highest BCUT2D eigenvalue weighted by Crippen LogP contribution is 2.11. The summed E-state index contributed by atoms with van der Waals surface area (Å²) in [6.07, 6.45) is 1.56. The SMILES string of the molecule is Fc1cccc(F)c1CNCc1ccco1. The molecule has 0 atom stereocenters. The largest absolute Gasteiger partial charge is 0.468 e. The Morgan fingerprint density at radius 1 is 1.00 bits per heavy atom. The van der Waals surface area contributed by atoms with Crippen molar-refractivity contribution in [2.75, 3.05) is 0 Å². The monoisotopic (exact) mass is 223 g/mol. The lowest BCUT2D eigenvalue weighted by Crippen LogP contribution is -2.14. The highest BCUT2D eigenvalue weighted by atomic mass is 19.1. The molecular weight excluding hydrogens is 212 g/mol. The number of benzene rings is 1. The van der Waals surface area contributed by atoms with Crippen molar-refractivity contribution in [1.82, 2.24) is 5.32 Å². The third kappa shape index (κ3) is 2.46. The van der Waals surface area contributed by atoms with E-state index in [9.17, 15) is 8.78 Å². The number of halogens is 2. The summed E-state index contributed by atoms with van der Waals surface area (Å²) in [6.45, 7) is 0.583. The zero-order chi connectivity index (χ0) is 11.4. The fraction of sp³-hybridized carbons (Fsp3) is 0.167. The second-order valence-corrected chi connectivity index (χ2v) is 3.38. The molecule has 1 heterocycles. The molecule has 0 bridgehead atoms. The van der Waals surface area contributed by atoms with Gasteiger partial charge in [0, 0.05) is 12.1 Å². The summed E-state index contributed by atoms with van der Waals surface area (Å²) in [6, 6.07) is 7.39. The Labute approximate surface area is 91.9 Å². The minimum absolute atomic E-state index is 0.0501. The molecule has 2 rings (SSSR count). The van der Waals surface area contributed by atoms with Gasteiger partial charge in [0.2, 0.25) is 0 Å². The molecule has 1 aromatic carbocycles. The summed E-state index contributed by atoms with van der Waals surface area (Å²) < 4.78 is 31.5. The van der Waals surface area contributed by atoms with E-state index >= 15 is 0 Å². The number of rotatable bonds is 4. The lowest BCUT2D eigenvalue weighted by molar-refractivity contribution is 0.473. The van der Waals surface area contributed by atoms with Crippen LogP contribution in [0, 0.1) is 11.6 Å². The van der Waals surface area contributed by atoms with E-state index in [0.29, 0.717) is 6.54 Å². The van der Waals surface area contributed by atoms with Crippen molar-refractivity contribution < 1.29 is 13.2 Å². The summed E-state index contributed by atoms with van der Waals surface area (Å²) in [4.78, 5) is 0. The average Bonchev–Trinajstić information content (AvgIpc) is 2.75. The van der Waals surface area contributed by atoms with E-state index < -0.39 is 11.6 Å². The van der Waals surface area contributed by atoms with Crippen molar-refractivity contribution in [3.05, 3.63) is 59.6 Å². The molecule has 2 nitrogen and oxygen atoms in total. The molecule has 2 aromatic rings. The van der Waals surface area contributed by atoms with Crippen molar-refractivity contribution in [2.45, 2.75) is 13.1 Å². The van der Waals surface area contributed by atoms with Gasteiger partial charge in [-0.25, -0.2) is 8.78 Å². The van der Waals surface area contributed by atoms with Gasteiger partial charge in [0.1, 0.15) is 17.4 Å². The lowest BCUT2D eigenvalue weighted by atomic mass is 10.2. The average molecular weight is 223 g/mol. The summed E-state index contributed by atoms with van der Waals surface area (Å²) in [5.41, 5.74) is 0.0501. The van der Waals surface area contributed by atoms with Crippen LogP contribution in [0.5, 0.6) is 0 Å². The number of hydrogen-bond donors (Lipinski definition) is 1. The smallest absolute Gasteiger partial charge is 0.130 e. The van der Waals surface area contributed by atoms with Gasteiger partial charge in [-0.15, -0.1) is 0 Å². The topological polar surface area (TPSA) is 25.2 Å². The van der Waals surface area contributed by atoms with Crippen LogP contribution in [-0.4, -0.2) is 0 Å². The Morgan fingerprint density at radius 2 is 1.75 bits per heavy atom. The maximum Gasteiger partial charge on any atom is 0.130 e. The Hall–Kier alpha value is -1.68. The Bertz CT molecular complexity index is 434. The highest BCUT2D eigenvalue weighted by Gasteiger charge is 2.07. The summed E-state index contributed by atoms with van der Waals surface area (Å²) in [7, 11) is 0. The van der Waals surface area contributed by atoms with E-state index in [4.69, 9.17) is 4.42 Å². The molecule has 0 saturated heterocycles.